The maximum Gasteiger partial charge on any atom is 0.307 e. The Balaban J connectivity index is 2.09. The molecule has 4 nitrogen and oxygen atoms in total. The van der Waals surface area contributed by atoms with Crippen molar-refractivity contribution in [3.8, 4) is 0 Å². The van der Waals surface area contributed by atoms with Crippen LogP contribution in [0.1, 0.15) is 28.8 Å². The maximum atomic E-state index is 11.7. The van der Waals surface area contributed by atoms with Gasteiger partial charge in [0.05, 0.1) is 23.0 Å². The summed E-state index contributed by atoms with van der Waals surface area (Å²) in [6.07, 6.45) is 9.05. The highest BCUT2D eigenvalue weighted by molar-refractivity contribution is 8.00. The number of aliphatic carboxylic acids is 1. The number of allylic oxidation sites excluding steroid dienone is 4. The van der Waals surface area contributed by atoms with Crippen LogP contribution in [-0.4, -0.2) is 33.8 Å². The molecule has 0 amide bonds. The molecule has 0 fully saturated rings. The van der Waals surface area contributed by atoms with Crippen molar-refractivity contribution in [3.63, 3.8) is 0 Å². The van der Waals surface area contributed by atoms with E-state index in [4.69, 9.17) is 11.6 Å². The van der Waals surface area contributed by atoms with Gasteiger partial charge in [0, 0.05) is 30.4 Å². The molecule has 0 saturated heterocycles. The van der Waals surface area contributed by atoms with E-state index in [1.54, 1.807) is 11.9 Å². The summed E-state index contributed by atoms with van der Waals surface area (Å²) < 4.78 is 4.67. The van der Waals surface area contributed by atoms with Crippen LogP contribution in [0.15, 0.2) is 24.3 Å². The summed E-state index contributed by atoms with van der Waals surface area (Å²) in [6.45, 7) is 6.06. The first-order valence-electron chi connectivity index (χ1n) is 9.14. The minimum Gasteiger partial charge on any atom is -0.481 e. The van der Waals surface area contributed by atoms with Crippen LogP contribution in [-0.2, 0) is 17.8 Å². The van der Waals surface area contributed by atoms with Gasteiger partial charge in [-0.2, -0.15) is 0 Å². The fraction of sp³-hybridized carbons (Fsp3) is 0.381. The molecule has 0 bridgehead atoms. The smallest absolute Gasteiger partial charge is 0.307 e. The first kappa shape index (κ1) is 18.5. The SMILES string of the molecule is CSN1CCn2c(C)cc3c(C4=CCC(Cl)C=C4)c(CC(=O)O)c(C)c1c32. The fourth-order valence-corrected chi connectivity index (χ4v) is 5.19. The first-order valence-corrected chi connectivity index (χ1v) is 10.8. The van der Waals surface area contributed by atoms with E-state index in [1.807, 2.05) is 12.2 Å². The van der Waals surface area contributed by atoms with E-state index in [0.29, 0.717) is 0 Å². The summed E-state index contributed by atoms with van der Waals surface area (Å²) >= 11 is 7.93. The van der Waals surface area contributed by atoms with Crippen molar-refractivity contribution in [1.29, 1.82) is 0 Å². The van der Waals surface area contributed by atoms with Gasteiger partial charge in [-0.15, -0.1) is 11.6 Å². The number of carboxylic acid groups (broad SMARTS) is 1. The largest absolute Gasteiger partial charge is 0.481 e. The molecule has 1 unspecified atom stereocenters. The number of halogens is 1. The van der Waals surface area contributed by atoms with Crippen LogP contribution in [0.3, 0.4) is 0 Å². The molecule has 1 N–H and O–H groups in total. The van der Waals surface area contributed by atoms with Crippen LogP contribution < -0.4 is 4.31 Å². The number of hydrogen-bond donors (Lipinski definition) is 1. The summed E-state index contributed by atoms with van der Waals surface area (Å²) in [5.41, 5.74) is 7.71. The molecule has 2 aromatic rings. The number of aryl methyl sites for hydroxylation is 1. The van der Waals surface area contributed by atoms with Gasteiger partial charge < -0.3 is 14.0 Å². The zero-order valence-corrected chi connectivity index (χ0v) is 17.3. The van der Waals surface area contributed by atoms with Gasteiger partial charge in [0.2, 0.25) is 0 Å². The van der Waals surface area contributed by atoms with Crippen LogP contribution >= 0.6 is 23.5 Å². The van der Waals surface area contributed by atoms with E-state index in [0.717, 1.165) is 52.8 Å². The lowest BCUT2D eigenvalue weighted by molar-refractivity contribution is -0.136. The summed E-state index contributed by atoms with van der Waals surface area (Å²) in [5.74, 6) is -0.802. The van der Waals surface area contributed by atoms with Crippen molar-refractivity contribution in [2.24, 2.45) is 0 Å². The molecule has 1 aliphatic carbocycles. The van der Waals surface area contributed by atoms with Crippen molar-refractivity contribution >= 4 is 51.7 Å². The zero-order valence-electron chi connectivity index (χ0n) is 15.8. The average molecular weight is 403 g/mol. The number of carbonyl (C=O) groups is 1. The lowest BCUT2D eigenvalue weighted by Gasteiger charge is -2.32. The fourth-order valence-electron chi connectivity index (χ4n) is 4.35. The Kier molecular flexibility index (Phi) is 4.77. The Morgan fingerprint density at radius 2 is 2.15 bits per heavy atom. The standard InChI is InChI=1S/C21H23ClN2O2S/c1-12-10-17-19(14-4-6-15(22)7-5-14)16(11-18(25)26)13(2)20-21(17)23(12)8-9-24(20)27-3/h4-6,10,15H,7-9,11H2,1-3H3,(H,25,26). The third kappa shape index (κ3) is 2.97. The van der Waals surface area contributed by atoms with Crippen molar-refractivity contribution in [2.75, 3.05) is 17.1 Å². The number of hydrogen-bond acceptors (Lipinski definition) is 3. The number of nitrogens with zero attached hydrogens (tertiary/aromatic N) is 2. The maximum absolute atomic E-state index is 11.7. The third-order valence-electron chi connectivity index (χ3n) is 5.57. The van der Waals surface area contributed by atoms with Crippen molar-refractivity contribution in [1.82, 2.24) is 4.57 Å². The predicted molar refractivity (Wildman–Crippen MR) is 115 cm³/mol. The van der Waals surface area contributed by atoms with Crippen LogP contribution in [0.25, 0.3) is 16.5 Å². The van der Waals surface area contributed by atoms with Gasteiger partial charge in [0.25, 0.3) is 0 Å². The Morgan fingerprint density at radius 3 is 2.78 bits per heavy atom. The van der Waals surface area contributed by atoms with Crippen molar-refractivity contribution < 1.29 is 9.90 Å². The number of alkyl halides is 1. The summed E-state index contributed by atoms with van der Waals surface area (Å²) in [5, 5.41) is 10.8. The summed E-state index contributed by atoms with van der Waals surface area (Å²) in [6, 6.07) is 2.21. The Morgan fingerprint density at radius 1 is 1.37 bits per heavy atom. The molecule has 1 aromatic carbocycles. The van der Waals surface area contributed by atoms with E-state index in [2.05, 4.69) is 41.1 Å². The second-order valence-corrected chi connectivity index (χ2v) is 8.52. The van der Waals surface area contributed by atoms with Crippen LogP contribution in [0, 0.1) is 13.8 Å². The highest BCUT2D eigenvalue weighted by Crippen LogP contribution is 2.45. The molecule has 0 spiro atoms. The molecule has 1 atom stereocenters. The highest BCUT2D eigenvalue weighted by Gasteiger charge is 2.29. The van der Waals surface area contributed by atoms with Gasteiger partial charge in [-0.25, -0.2) is 0 Å². The quantitative estimate of drug-likeness (QED) is 0.581. The lowest BCUT2D eigenvalue weighted by atomic mass is 9.87. The van der Waals surface area contributed by atoms with E-state index in [-0.39, 0.29) is 11.8 Å². The van der Waals surface area contributed by atoms with E-state index in [1.165, 1.54) is 11.2 Å². The highest BCUT2D eigenvalue weighted by atomic mass is 35.5. The number of aromatic nitrogens is 1. The second-order valence-electron chi connectivity index (χ2n) is 7.15. The Labute approximate surface area is 168 Å². The lowest BCUT2D eigenvalue weighted by Crippen LogP contribution is -2.27. The summed E-state index contributed by atoms with van der Waals surface area (Å²) in [7, 11) is 0. The summed E-state index contributed by atoms with van der Waals surface area (Å²) in [4.78, 5) is 11.7. The number of carboxylic acids is 1. The molecule has 27 heavy (non-hydrogen) atoms. The van der Waals surface area contributed by atoms with Crippen LogP contribution in [0.5, 0.6) is 0 Å². The minimum atomic E-state index is -0.802. The molecule has 0 saturated carbocycles. The molecule has 2 heterocycles. The molecule has 4 rings (SSSR count). The first-order chi connectivity index (χ1) is 12.9. The molecular formula is C21H23ClN2O2S. The minimum absolute atomic E-state index is 0.00438. The van der Waals surface area contributed by atoms with Crippen LogP contribution in [0.2, 0.25) is 0 Å². The topological polar surface area (TPSA) is 45.5 Å². The Bertz CT molecular complexity index is 1010. The van der Waals surface area contributed by atoms with Gasteiger partial charge in [-0.3, -0.25) is 4.79 Å². The number of anilines is 1. The van der Waals surface area contributed by atoms with E-state index < -0.39 is 5.97 Å². The van der Waals surface area contributed by atoms with Gasteiger partial charge in [-0.05, 0) is 48.6 Å². The van der Waals surface area contributed by atoms with Gasteiger partial charge in [-0.1, -0.05) is 30.2 Å². The molecular weight excluding hydrogens is 380 g/mol. The molecule has 142 valence electrons. The number of benzene rings is 1. The predicted octanol–water partition coefficient (Wildman–Crippen LogP) is 4.93. The average Bonchev–Trinajstić information content (AvgIpc) is 2.97. The van der Waals surface area contributed by atoms with Crippen molar-refractivity contribution in [3.05, 3.63) is 46.7 Å². The number of rotatable bonds is 4. The normalized spacial score (nSPS) is 18.9. The van der Waals surface area contributed by atoms with Gasteiger partial charge >= 0.3 is 5.97 Å². The zero-order chi connectivity index (χ0) is 19.3. The van der Waals surface area contributed by atoms with Gasteiger partial charge in [0.1, 0.15) is 0 Å². The molecule has 2 aliphatic rings. The van der Waals surface area contributed by atoms with Crippen LogP contribution in [0.4, 0.5) is 5.69 Å². The van der Waals surface area contributed by atoms with E-state index in [9.17, 15) is 9.90 Å². The van der Waals surface area contributed by atoms with Gasteiger partial charge in [0.15, 0.2) is 0 Å². The molecule has 1 aliphatic heterocycles. The molecule has 0 radical (unpaired) electrons. The molecule has 1 aromatic heterocycles. The van der Waals surface area contributed by atoms with E-state index >= 15 is 0 Å². The second kappa shape index (κ2) is 6.95. The Hall–Kier alpha value is -1.85. The molecule has 6 heteroatoms. The monoisotopic (exact) mass is 402 g/mol. The van der Waals surface area contributed by atoms with Crippen molar-refractivity contribution in [2.45, 2.75) is 38.6 Å². The third-order valence-corrected chi connectivity index (χ3v) is 6.70.